The van der Waals surface area contributed by atoms with E-state index < -0.39 is 5.97 Å². The standard InChI is InChI=1S/C24H22N4O4/c1-15(11-23(30)31)19-10-8-18(14-25-19)26-22(29)13-16-7-9-20-21(12-16)32-24(28-20)27-17-5-3-2-4-6-17/h2-10,12,14-15H,11,13H2,1H3,(H,26,29)(H,27,28)(H,30,31). The molecule has 2 aromatic heterocycles. The van der Waals surface area contributed by atoms with Gasteiger partial charge < -0.3 is 20.2 Å². The Morgan fingerprint density at radius 3 is 2.59 bits per heavy atom. The van der Waals surface area contributed by atoms with Crippen molar-refractivity contribution in [2.24, 2.45) is 0 Å². The maximum absolute atomic E-state index is 12.5. The highest BCUT2D eigenvalue weighted by molar-refractivity contribution is 5.92. The van der Waals surface area contributed by atoms with Crippen LogP contribution in [0, 0.1) is 0 Å². The number of carboxylic acid groups (broad SMARTS) is 1. The zero-order valence-electron chi connectivity index (χ0n) is 17.4. The topological polar surface area (TPSA) is 117 Å². The van der Waals surface area contributed by atoms with Crippen LogP contribution in [0.4, 0.5) is 17.4 Å². The van der Waals surface area contributed by atoms with E-state index in [0.717, 1.165) is 11.3 Å². The van der Waals surface area contributed by atoms with Gasteiger partial charge in [-0.05, 0) is 42.0 Å². The van der Waals surface area contributed by atoms with Gasteiger partial charge in [0, 0.05) is 17.3 Å². The molecule has 1 amide bonds. The summed E-state index contributed by atoms with van der Waals surface area (Å²) in [6.45, 7) is 1.80. The molecular formula is C24H22N4O4. The van der Waals surface area contributed by atoms with Crippen molar-refractivity contribution in [3.05, 3.63) is 78.1 Å². The second-order valence-corrected chi connectivity index (χ2v) is 7.51. The number of amides is 1. The Morgan fingerprint density at radius 2 is 1.88 bits per heavy atom. The van der Waals surface area contributed by atoms with Gasteiger partial charge in [0.1, 0.15) is 5.52 Å². The summed E-state index contributed by atoms with van der Waals surface area (Å²) >= 11 is 0. The lowest BCUT2D eigenvalue weighted by Crippen LogP contribution is -2.14. The fraction of sp³-hybridized carbons (Fsp3) is 0.167. The van der Waals surface area contributed by atoms with Crippen molar-refractivity contribution in [2.75, 3.05) is 10.6 Å². The molecule has 8 heteroatoms. The minimum absolute atomic E-state index is 0.00536. The van der Waals surface area contributed by atoms with E-state index in [1.54, 1.807) is 25.1 Å². The monoisotopic (exact) mass is 430 g/mol. The minimum Gasteiger partial charge on any atom is -0.481 e. The van der Waals surface area contributed by atoms with E-state index in [-0.39, 0.29) is 24.7 Å². The summed E-state index contributed by atoms with van der Waals surface area (Å²) in [6, 6.07) is 18.9. The summed E-state index contributed by atoms with van der Waals surface area (Å²) in [4.78, 5) is 32.0. The number of carbonyl (C=O) groups excluding carboxylic acids is 1. The number of nitrogens with one attached hydrogen (secondary N) is 2. The molecule has 0 saturated carbocycles. The molecule has 0 saturated heterocycles. The number of aliphatic carboxylic acids is 1. The lowest BCUT2D eigenvalue weighted by Gasteiger charge is -2.10. The first kappa shape index (κ1) is 21.0. The quantitative estimate of drug-likeness (QED) is 0.370. The summed E-state index contributed by atoms with van der Waals surface area (Å²) in [5.74, 6) is -1.27. The lowest BCUT2D eigenvalue weighted by molar-refractivity contribution is -0.137. The highest BCUT2D eigenvalue weighted by atomic mass is 16.4. The van der Waals surface area contributed by atoms with Gasteiger partial charge in [0.05, 0.1) is 24.7 Å². The molecule has 8 nitrogen and oxygen atoms in total. The molecule has 3 N–H and O–H groups in total. The molecule has 32 heavy (non-hydrogen) atoms. The molecule has 4 aromatic rings. The molecular weight excluding hydrogens is 408 g/mol. The Hall–Kier alpha value is -4.20. The van der Waals surface area contributed by atoms with Crippen LogP contribution >= 0.6 is 0 Å². The molecule has 0 bridgehead atoms. The van der Waals surface area contributed by atoms with E-state index in [1.165, 1.54) is 6.20 Å². The van der Waals surface area contributed by atoms with Gasteiger partial charge in [0.15, 0.2) is 5.58 Å². The van der Waals surface area contributed by atoms with Gasteiger partial charge in [-0.25, -0.2) is 0 Å². The third-order valence-corrected chi connectivity index (χ3v) is 4.90. The molecule has 2 heterocycles. The second-order valence-electron chi connectivity index (χ2n) is 7.51. The second kappa shape index (κ2) is 9.30. The SMILES string of the molecule is CC(CC(=O)O)c1ccc(NC(=O)Cc2ccc3nc(Nc4ccccc4)oc3c2)cn1. The molecule has 0 fully saturated rings. The Bertz CT molecular complexity index is 1240. The Labute approximate surface area is 184 Å². The van der Waals surface area contributed by atoms with Gasteiger partial charge in [0.2, 0.25) is 5.91 Å². The van der Waals surface area contributed by atoms with Crippen LogP contribution < -0.4 is 10.6 Å². The number of fused-ring (bicyclic) bond motifs is 1. The summed E-state index contributed by atoms with van der Waals surface area (Å²) in [5.41, 5.74) is 4.17. The molecule has 2 aromatic carbocycles. The molecule has 162 valence electrons. The van der Waals surface area contributed by atoms with Crippen molar-refractivity contribution >= 4 is 40.4 Å². The van der Waals surface area contributed by atoms with Crippen LogP contribution in [0.1, 0.15) is 30.5 Å². The van der Waals surface area contributed by atoms with Gasteiger partial charge >= 0.3 is 5.97 Å². The van der Waals surface area contributed by atoms with E-state index in [0.29, 0.717) is 28.5 Å². The van der Waals surface area contributed by atoms with E-state index in [2.05, 4.69) is 20.6 Å². The van der Waals surface area contributed by atoms with Crippen molar-refractivity contribution in [2.45, 2.75) is 25.7 Å². The Morgan fingerprint density at radius 1 is 1.06 bits per heavy atom. The molecule has 4 rings (SSSR count). The number of aromatic nitrogens is 2. The van der Waals surface area contributed by atoms with Crippen LogP contribution in [-0.2, 0) is 16.0 Å². The maximum Gasteiger partial charge on any atom is 0.304 e. The fourth-order valence-electron chi connectivity index (χ4n) is 3.31. The number of oxazole rings is 1. The first-order valence-corrected chi connectivity index (χ1v) is 10.2. The van der Waals surface area contributed by atoms with Crippen molar-refractivity contribution in [3.8, 4) is 0 Å². The summed E-state index contributed by atoms with van der Waals surface area (Å²) in [7, 11) is 0. The maximum atomic E-state index is 12.5. The zero-order valence-corrected chi connectivity index (χ0v) is 17.4. The van der Waals surface area contributed by atoms with Crippen LogP contribution in [0.5, 0.6) is 0 Å². The van der Waals surface area contributed by atoms with Crippen LogP contribution in [0.3, 0.4) is 0 Å². The van der Waals surface area contributed by atoms with Gasteiger partial charge in [-0.1, -0.05) is 31.2 Å². The van der Waals surface area contributed by atoms with Crippen molar-refractivity contribution in [3.63, 3.8) is 0 Å². The molecule has 0 aliphatic carbocycles. The summed E-state index contributed by atoms with van der Waals surface area (Å²) < 4.78 is 5.77. The number of rotatable bonds is 8. The van der Waals surface area contributed by atoms with Crippen molar-refractivity contribution < 1.29 is 19.1 Å². The van der Waals surface area contributed by atoms with Gasteiger partial charge in [0.25, 0.3) is 6.01 Å². The molecule has 0 spiro atoms. The number of anilines is 3. The first-order valence-electron chi connectivity index (χ1n) is 10.2. The van der Waals surface area contributed by atoms with Crippen LogP contribution in [0.15, 0.2) is 71.3 Å². The van der Waals surface area contributed by atoms with E-state index in [1.807, 2.05) is 42.5 Å². The predicted molar refractivity (Wildman–Crippen MR) is 121 cm³/mol. The smallest absolute Gasteiger partial charge is 0.304 e. The highest BCUT2D eigenvalue weighted by Crippen LogP contribution is 2.23. The zero-order chi connectivity index (χ0) is 22.5. The minimum atomic E-state index is -0.872. The first-order chi connectivity index (χ1) is 15.5. The van der Waals surface area contributed by atoms with Crippen molar-refractivity contribution in [1.29, 1.82) is 0 Å². The summed E-state index contributed by atoms with van der Waals surface area (Å²) in [5, 5.41) is 14.8. The van der Waals surface area contributed by atoms with Gasteiger partial charge in [-0.2, -0.15) is 4.98 Å². The van der Waals surface area contributed by atoms with Crippen LogP contribution in [-0.4, -0.2) is 27.0 Å². The van der Waals surface area contributed by atoms with Gasteiger partial charge in [-0.3, -0.25) is 14.6 Å². The van der Waals surface area contributed by atoms with Crippen LogP contribution in [0.25, 0.3) is 11.1 Å². The highest BCUT2D eigenvalue weighted by Gasteiger charge is 2.13. The molecule has 1 unspecified atom stereocenters. The fourth-order valence-corrected chi connectivity index (χ4v) is 3.31. The number of para-hydroxylation sites is 1. The number of nitrogens with zero attached hydrogens (tertiary/aromatic N) is 2. The lowest BCUT2D eigenvalue weighted by atomic mass is 10.0. The van der Waals surface area contributed by atoms with Crippen LogP contribution in [0.2, 0.25) is 0 Å². The van der Waals surface area contributed by atoms with E-state index >= 15 is 0 Å². The van der Waals surface area contributed by atoms with Crippen molar-refractivity contribution in [1.82, 2.24) is 9.97 Å². The van der Waals surface area contributed by atoms with Gasteiger partial charge in [-0.15, -0.1) is 0 Å². The Balaban J connectivity index is 1.38. The molecule has 0 aliphatic rings. The number of hydrogen-bond acceptors (Lipinski definition) is 6. The van der Waals surface area contributed by atoms with E-state index in [9.17, 15) is 9.59 Å². The molecule has 0 radical (unpaired) electrons. The molecule has 1 atom stereocenters. The Kier molecular flexibility index (Phi) is 6.12. The normalized spacial score (nSPS) is 11.8. The average Bonchev–Trinajstić information content (AvgIpc) is 3.16. The number of carbonyl (C=O) groups is 2. The largest absolute Gasteiger partial charge is 0.481 e. The van der Waals surface area contributed by atoms with E-state index in [4.69, 9.17) is 9.52 Å². The third-order valence-electron chi connectivity index (χ3n) is 4.90. The molecule has 0 aliphatic heterocycles. The number of pyridine rings is 1. The number of carboxylic acids is 1. The average molecular weight is 430 g/mol. The third kappa shape index (κ3) is 5.28. The predicted octanol–water partition coefficient (Wildman–Crippen LogP) is 4.73. The summed E-state index contributed by atoms with van der Waals surface area (Å²) in [6.07, 6.45) is 1.70. The number of hydrogen-bond donors (Lipinski definition) is 3. The number of benzene rings is 2.